The zero-order valence-corrected chi connectivity index (χ0v) is 14.5. The summed E-state index contributed by atoms with van der Waals surface area (Å²) in [6.07, 6.45) is 0. The van der Waals surface area contributed by atoms with Gasteiger partial charge in [0.15, 0.2) is 4.34 Å². The topological polar surface area (TPSA) is 96.0 Å². The molecule has 0 aliphatic carbocycles. The van der Waals surface area contributed by atoms with Crippen LogP contribution in [0, 0.1) is 0 Å². The number of para-hydroxylation sites is 1. The van der Waals surface area contributed by atoms with Crippen molar-refractivity contribution in [2.24, 2.45) is 0 Å². The van der Waals surface area contributed by atoms with Gasteiger partial charge in [0.2, 0.25) is 11.0 Å². The van der Waals surface area contributed by atoms with Crippen LogP contribution in [-0.2, 0) is 4.79 Å². The van der Waals surface area contributed by atoms with Gasteiger partial charge < -0.3 is 10.6 Å². The molecule has 0 saturated heterocycles. The summed E-state index contributed by atoms with van der Waals surface area (Å²) in [6, 6.07) is 6.79. The zero-order valence-electron chi connectivity index (χ0n) is 12.1. The largest absolute Gasteiger partial charge is 0.338 e. The minimum atomic E-state index is -0.503. The fourth-order valence-corrected chi connectivity index (χ4v) is 3.24. The van der Waals surface area contributed by atoms with Crippen LogP contribution in [0.5, 0.6) is 0 Å². The second kappa shape index (κ2) is 8.70. The van der Waals surface area contributed by atoms with Gasteiger partial charge in [0, 0.05) is 6.54 Å². The number of nitrogens with zero attached hydrogens (tertiary/aromatic N) is 2. The van der Waals surface area contributed by atoms with E-state index < -0.39 is 11.9 Å². The second-order valence-electron chi connectivity index (χ2n) is 4.17. The van der Waals surface area contributed by atoms with Crippen LogP contribution in [0.15, 0.2) is 28.6 Å². The molecule has 2 rings (SSSR count). The SMILES string of the molecule is CCNC(=O)NC(=O)CSc1nnc(Nc2ccccc2Cl)s1. The lowest BCUT2D eigenvalue weighted by molar-refractivity contribution is -0.117. The summed E-state index contributed by atoms with van der Waals surface area (Å²) in [5, 5.41) is 16.9. The molecular formula is C13H14ClN5O2S2. The van der Waals surface area contributed by atoms with Crippen LogP contribution in [0.25, 0.3) is 0 Å². The first-order chi connectivity index (χ1) is 11.1. The van der Waals surface area contributed by atoms with Crippen LogP contribution in [0.4, 0.5) is 15.6 Å². The van der Waals surface area contributed by atoms with E-state index >= 15 is 0 Å². The lowest BCUT2D eigenvalue weighted by atomic mass is 10.3. The van der Waals surface area contributed by atoms with Crippen molar-refractivity contribution in [3.8, 4) is 0 Å². The van der Waals surface area contributed by atoms with Gasteiger partial charge in [-0.2, -0.15) is 0 Å². The van der Waals surface area contributed by atoms with Gasteiger partial charge in [-0.1, -0.05) is 46.8 Å². The third-order valence-electron chi connectivity index (χ3n) is 2.44. The van der Waals surface area contributed by atoms with Crippen molar-refractivity contribution in [1.29, 1.82) is 0 Å². The Labute approximate surface area is 146 Å². The Bertz CT molecular complexity index is 695. The van der Waals surface area contributed by atoms with Crippen LogP contribution in [0.3, 0.4) is 0 Å². The Morgan fingerprint density at radius 1 is 1.30 bits per heavy atom. The van der Waals surface area contributed by atoms with Gasteiger partial charge in [-0.05, 0) is 19.1 Å². The average Bonchev–Trinajstić information content (AvgIpc) is 2.95. The predicted octanol–water partition coefficient (Wildman–Crippen LogP) is 2.87. The highest BCUT2D eigenvalue weighted by Gasteiger charge is 2.11. The highest BCUT2D eigenvalue weighted by molar-refractivity contribution is 8.01. The van der Waals surface area contributed by atoms with Crippen LogP contribution in [-0.4, -0.2) is 34.4 Å². The number of amides is 3. The number of aromatic nitrogens is 2. The number of benzene rings is 1. The van der Waals surface area contributed by atoms with Crippen molar-refractivity contribution < 1.29 is 9.59 Å². The quantitative estimate of drug-likeness (QED) is 0.676. The highest BCUT2D eigenvalue weighted by atomic mass is 35.5. The minimum absolute atomic E-state index is 0.0812. The Morgan fingerprint density at radius 2 is 2.09 bits per heavy atom. The van der Waals surface area contributed by atoms with Gasteiger partial charge in [-0.3, -0.25) is 10.1 Å². The normalized spacial score (nSPS) is 10.2. The van der Waals surface area contributed by atoms with E-state index in [4.69, 9.17) is 11.6 Å². The van der Waals surface area contributed by atoms with E-state index in [-0.39, 0.29) is 5.75 Å². The Kier molecular flexibility index (Phi) is 6.63. The highest BCUT2D eigenvalue weighted by Crippen LogP contribution is 2.30. The summed E-state index contributed by atoms with van der Waals surface area (Å²) >= 11 is 8.56. The standard InChI is InChI=1S/C13H14ClN5O2S2/c1-2-15-11(21)17-10(20)7-22-13-19-18-12(23-13)16-9-6-4-3-5-8(9)14/h3-6H,2,7H2,1H3,(H,16,18)(H2,15,17,20,21). The molecule has 1 aromatic heterocycles. The number of carbonyl (C=O) groups excluding carboxylic acids is 2. The number of carbonyl (C=O) groups is 2. The van der Waals surface area contributed by atoms with Gasteiger partial charge in [-0.25, -0.2) is 4.79 Å². The molecule has 0 unspecified atom stereocenters. The molecule has 0 radical (unpaired) electrons. The van der Waals surface area contributed by atoms with Crippen molar-refractivity contribution in [2.75, 3.05) is 17.6 Å². The second-order valence-corrected chi connectivity index (χ2v) is 6.78. The van der Waals surface area contributed by atoms with Gasteiger partial charge in [0.1, 0.15) is 0 Å². The maximum Gasteiger partial charge on any atom is 0.321 e. The zero-order chi connectivity index (χ0) is 16.7. The molecule has 3 amide bonds. The van der Waals surface area contributed by atoms with Crippen molar-refractivity contribution in [3.63, 3.8) is 0 Å². The molecule has 0 saturated carbocycles. The maximum absolute atomic E-state index is 11.6. The summed E-state index contributed by atoms with van der Waals surface area (Å²) in [5.74, 6) is -0.311. The number of urea groups is 1. The molecule has 23 heavy (non-hydrogen) atoms. The molecule has 1 heterocycles. The smallest absolute Gasteiger partial charge is 0.321 e. The maximum atomic E-state index is 11.6. The Hall–Kier alpha value is -1.84. The summed E-state index contributed by atoms with van der Waals surface area (Å²) in [4.78, 5) is 22.8. The molecule has 1 aromatic carbocycles. The first-order valence-electron chi connectivity index (χ1n) is 6.64. The molecule has 122 valence electrons. The van der Waals surface area contributed by atoms with Gasteiger partial charge in [0.25, 0.3) is 0 Å². The fourth-order valence-electron chi connectivity index (χ4n) is 1.49. The molecular weight excluding hydrogens is 358 g/mol. The third kappa shape index (κ3) is 5.70. The van der Waals surface area contributed by atoms with Crippen LogP contribution >= 0.6 is 34.7 Å². The summed E-state index contributed by atoms with van der Waals surface area (Å²) < 4.78 is 0.616. The minimum Gasteiger partial charge on any atom is -0.338 e. The number of hydrogen-bond donors (Lipinski definition) is 3. The molecule has 3 N–H and O–H groups in total. The monoisotopic (exact) mass is 371 g/mol. The summed E-state index contributed by atoms with van der Waals surface area (Å²) in [7, 11) is 0. The van der Waals surface area contributed by atoms with E-state index in [2.05, 4.69) is 26.1 Å². The lowest BCUT2D eigenvalue weighted by Gasteiger charge is -2.03. The molecule has 0 atom stereocenters. The van der Waals surface area contributed by atoms with Gasteiger partial charge >= 0.3 is 6.03 Å². The Morgan fingerprint density at radius 3 is 2.83 bits per heavy atom. The number of thioether (sulfide) groups is 1. The van der Waals surface area contributed by atoms with E-state index in [0.29, 0.717) is 21.0 Å². The third-order valence-corrected chi connectivity index (χ3v) is 4.74. The molecule has 7 nitrogen and oxygen atoms in total. The fraction of sp³-hybridized carbons (Fsp3) is 0.231. The number of imide groups is 1. The number of nitrogens with one attached hydrogen (secondary N) is 3. The molecule has 10 heteroatoms. The van der Waals surface area contributed by atoms with Crippen LogP contribution < -0.4 is 16.0 Å². The molecule has 0 spiro atoms. The van der Waals surface area contributed by atoms with E-state index in [0.717, 1.165) is 5.69 Å². The summed E-state index contributed by atoms with van der Waals surface area (Å²) in [5.41, 5.74) is 0.732. The Balaban J connectivity index is 1.84. The van der Waals surface area contributed by atoms with Crippen LogP contribution in [0.1, 0.15) is 6.92 Å². The van der Waals surface area contributed by atoms with E-state index in [1.165, 1.54) is 23.1 Å². The molecule has 0 aliphatic rings. The predicted molar refractivity (Wildman–Crippen MR) is 92.6 cm³/mol. The molecule has 2 aromatic rings. The van der Waals surface area contributed by atoms with E-state index in [9.17, 15) is 9.59 Å². The first-order valence-corrected chi connectivity index (χ1v) is 8.82. The first kappa shape index (κ1) is 17.5. The van der Waals surface area contributed by atoms with Crippen molar-refractivity contribution >= 4 is 57.5 Å². The van der Waals surface area contributed by atoms with Gasteiger partial charge in [-0.15, -0.1) is 10.2 Å². The molecule has 0 bridgehead atoms. The van der Waals surface area contributed by atoms with E-state index in [1.54, 1.807) is 13.0 Å². The number of rotatable bonds is 6. The van der Waals surface area contributed by atoms with Crippen LogP contribution in [0.2, 0.25) is 5.02 Å². The van der Waals surface area contributed by atoms with Crippen molar-refractivity contribution in [3.05, 3.63) is 29.3 Å². The average molecular weight is 372 g/mol. The van der Waals surface area contributed by atoms with Gasteiger partial charge in [0.05, 0.1) is 16.5 Å². The molecule has 0 fully saturated rings. The van der Waals surface area contributed by atoms with Crippen molar-refractivity contribution in [1.82, 2.24) is 20.8 Å². The number of hydrogen-bond acceptors (Lipinski definition) is 7. The lowest BCUT2D eigenvalue weighted by Crippen LogP contribution is -2.40. The van der Waals surface area contributed by atoms with Crippen molar-refractivity contribution in [2.45, 2.75) is 11.3 Å². The molecule has 0 aliphatic heterocycles. The summed E-state index contributed by atoms with van der Waals surface area (Å²) in [6.45, 7) is 2.23. The number of halogens is 1. The number of anilines is 2. The van der Waals surface area contributed by atoms with E-state index in [1.807, 2.05) is 18.2 Å².